The van der Waals surface area contributed by atoms with Gasteiger partial charge in [-0.1, -0.05) is 12.2 Å². The fourth-order valence-corrected chi connectivity index (χ4v) is 8.15. The summed E-state index contributed by atoms with van der Waals surface area (Å²) in [6.07, 6.45) is 7.63. The minimum atomic E-state index is -0.849. The van der Waals surface area contributed by atoms with E-state index in [4.69, 9.17) is 0 Å². The van der Waals surface area contributed by atoms with E-state index in [0.29, 0.717) is 23.3 Å². The topological polar surface area (TPSA) is 34.1 Å². The van der Waals surface area contributed by atoms with Gasteiger partial charge in [0.1, 0.15) is 4.08 Å². The van der Waals surface area contributed by atoms with Crippen molar-refractivity contribution in [2.75, 3.05) is 11.5 Å². The molecule has 1 aliphatic heterocycles. The number of hydrogen-bond donors (Lipinski definition) is 0. The van der Waals surface area contributed by atoms with Crippen molar-refractivity contribution < 1.29 is 8.42 Å². The lowest BCUT2D eigenvalue weighted by atomic mass is 9.75. The highest BCUT2D eigenvalue weighted by molar-refractivity contribution is 8.07. The normalized spacial score (nSPS) is 48.9. The predicted molar refractivity (Wildman–Crippen MR) is 58.7 cm³/mol. The average Bonchev–Trinajstić information content (AvgIpc) is 2.49. The van der Waals surface area contributed by atoms with Crippen molar-refractivity contribution in [2.45, 2.75) is 23.3 Å². The van der Waals surface area contributed by atoms with Gasteiger partial charge < -0.3 is 0 Å². The molecule has 2 fully saturated rings. The van der Waals surface area contributed by atoms with E-state index < -0.39 is 21.6 Å². The molecule has 78 valence electrons. The molecule has 0 N–H and O–H groups in total. The molecule has 0 aromatic heterocycles. The summed E-state index contributed by atoms with van der Waals surface area (Å²) in [6, 6.07) is 0. The predicted octanol–water partition coefficient (Wildman–Crippen LogP) is 1.18. The Morgan fingerprint density at radius 2 is 1.79 bits per heavy atom. The molecule has 0 radical (unpaired) electrons. The largest absolute Gasteiger partial charge is 0.258 e. The highest BCUT2D eigenvalue weighted by atomic mass is 32.3. The zero-order valence-corrected chi connectivity index (χ0v) is 9.61. The highest BCUT2D eigenvalue weighted by Gasteiger charge is 2.56. The molecule has 0 unspecified atom stereocenters. The van der Waals surface area contributed by atoms with Crippen LogP contribution >= 0.6 is 0 Å². The van der Waals surface area contributed by atoms with Crippen molar-refractivity contribution in [3.63, 3.8) is 0 Å². The maximum absolute atomic E-state index is 12.0. The van der Waals surface area contributed by atoms with E-state index in [1.54, 1.807) is 0 Å². The van der Waals surface area contributed by atoms with Gasteiger partial charge in [0, 0.05) is 39.0 Å². The van der Waals surface area contributed by atoms with Gasteiger partial charge >= 0.3 is 0 Å². The lowest BCUT2D eigenvalue weighted by Crippen LogP contribution is -2.48. The molecular formula is C10H14O2S2. The molecule has 4 rings (SSSR count). The first kappa shape index (κ1) is 9.28. The van der Waals surface area contributed by atoms with E-state index in [2.05, 4.69) is 12.2 Å². The van der Waals surface area contributed by atoms with Crippen molar-refractivity contribution in [2.24, 2.45) is 11.8 Å². The van der Waals surface area contributed by atoms with Crippen LogP contribution in [0.1, 0.15) is 19.3 Å². The van der Waals surface area contributed by atoms with Gasteiger partial charge in [-0.25, -0.2) is 0 Å². The Morgan fingerprint density at radius 1 is 1.07 bits per heavy atom. The van der Waals surface area contributed by atoms with E-state index in [1.807, 2.05) is 0 Å². The van der Waals surface area contributed by atoms with E-state index in [9.17, 15) is 8.42 Å². The van der Waals surface area contributed by atoms with Crippen molar-refractivity contribution in [1.82, 2.24) is 0 Å². The number of allylic oxidation sites excluding steroid dienone is 2. The second kappa shape index (κ2) is 3.01. The number of fused-ring (bicyclic) bond motifs is 1. The maximum Gasteiger partial charge on any atom is 0.127 e. The quantitative estimate of drug-likeness (QED) is 0.586. The van der Waals surface area contributed by atoms with E-state index >= 15 is 0 Å². The molecule has 4 atom stereocenters. The molecule has 0 aromatic rings. The SMILES string of the molecule is O=[S@@]1CC[S@@](=O)C12C[C@@H]1C=C[C@H]2CC1. The number of hydrogen-bond acceptors (Lipinski definition) is 2. The van der Waals surface area contributed by atoms with Crippen LogP contribution in [-0.2, 0) is 21.6 Å². The summed E-state index contributed by atoms with van der Waals surface area (Å²) in [7, 11) is -1.70. The first-order valence-electron chi connectivity index (χ1n) is 5.19. The van der Waals surface area contributed by atoms with Gasteiger partial charge in [-0.15, -0.1) is 0 Å². The Labute approximate surface area is 89.1 Å². The van der Waals surface area contributed by atoms with E-state index in [0.717, 1.165) is 12.8 Å². The average molecular weight is 230 g/mol. The minimum absolute atomic E-state index is 0.330. The van der Waals surface area contributed by atoms with Gasteiger partial charge in [0.05, 0.1) is 0 Å². The first-order valence-corrected chi connectivity index (χ1v) is 7.82. The Hall–Kier alpha value is 0.0400. The van der Waals surface area contributed by atoms with E-state index in [-0.39, 0.29) is 4.08 Å². The molecule has 0 aromatic carbocycles. The minimum Gasteiger partial charge on any atom is -0.258 e. The Morgan fingerprint density at radius 3 is 2.21 bits per heavy atom. The summed E-state index contributed by atoms with van der Waals surface area (Å²) in [5, 5.41) is 0. The van der Waals surface area contributed by atoms with Crippen molar-refractivity contribution >= 4 is 21.6 Å². The molecule has 1 spiro atoms. The highest BCUT2D eigenvalue weighted by Crippen LogP contribution is 2.50. The van der Waals surface area contributed by atoms with Gasteiger partial charge in [-0.2, -0.15) is 0 Å². The van der Waals surface area contributed by atoms with Gasteiger partial charge in [-0.05, 0) is 25.2 Å². The molecule has 2 bridgehead atoms. The molecule has 14 heavy (non-hydrogen) atoms. The van der Waals surface area contributed by atoms with Crippen LogP contribution < -0.4 is 0 Å². The standard InChI is InChI=1S/C10H14O2S2/c11-13-5-6-14(12)10(13)7-8-1-3-9(10)4-2-8/h1,3,8-9H,2,4-7H2/t8-,9+,13-,14-/m1/s1. The third kappa shape index (κ3) is 1.01. The summed E-state index contributed by atoms with van der Waals surface area (Å²) in [5.74, 6) is 2.19. The van der Waals surface area contributed by atoms with Gasteiger partial charge in [0.25, 0.3) is 0 Å². The molecule has 4 aliphatic rings. The zero-order chi connectivity index (χ0) is 9.76. The fraction of sp³-hybridized carbons (Fsp3) is 0.800. The summed E-state index contributed by atoms with van der Waals surface area (Å²) < 4.78 is 23.7. The zero-order valence-electron chi connectivity index (χ0n) is 7.98. The van der Waals surface area contributed by atoms with Gasteiger partial charge in [-0.3, -0.25) is 8.42 Å². The molecule has 2 nitrogen and oxygen atoms in total. The van der Waals surface area contributed by atoms with Crippen molar-refractivity contribution in [1.29, 1.82) is 0 Å². The van der Waals surface area contributed by atoms with E-state index in [1.165, 1.54) is 6.42 Å². The summed E-state index contributed by atoms with van der Waals surface area (Å²) in [6.45, 7) is 0. The second-order valence-electron chi connectivity index (χ2n) is 4.44. The maximum atomic E-state index is 12.0. The molecular weight excluding hydrogens is 216 g/mol. The molecule has 4 heteroatoms. The summed E-state index contributed by atoms with van der Waals surface area (Å²) in [4.78, 5) is 0. The molecule has 3 aliphatic carbocycles. The van der Waals surface area contributed by atoms with Crippen molar-refractivity contribution in [3.8, 4) is 0 Å². The van der Waals surface area contributed by atoms with Gasteiger partial charge in [0.2, 0.25) is 0 Å². The van der Waals surface area contributed by atoms with Crippen LogP contribution in [0.5, 0.6) is 0 Å². The van der Waals surface area contributed by atoms with Gasteiger partial charge in [0.15, 0.2) is 0 Å². The van der Waals surface area contributed by atoms with Crippen LogP contribution in [0.15, 0.2) is 12.2 Å². The molecule has 1 saturated heterocycles. The Kier molecular flexibility index (Phi) is 2.00. The summed E-state index contributed by atoms with van der Waals surface area (Å²) >= 11 is 0. The Balaban J connectivity index is 2.08. The Bertz CT molecular complexity index is 332. The van der Waals surface area contributed by atoms with Crippen LogP contribution in [0.3, 0.4) is 0 Å². The van der Waals surface area contributed by atoms with Crippen LogP contribution in [0.4, 0.5) is 0 Å². The molecule has 0 amide bonds. The second-order valence-corrected chi connectivity index (χ2v) is 8.36. The lowest BCUT2D eigenvalue weighted by Gasteiger charge is -2.44. The molecule has 1 heterocycles. The fourth-order valence-electron chi connectivity index (χ4n) is 3.05. The third-order valence-corrected chi connectivity index (χ3v) is 8.80. The lowest BCUT2D eigenvalue weighted by molar-refractivity contribution is 0.311. The van der Waals surface area contributed by atoms with Crippen LogP contribution in [0.2, 0.25) is 0 Å². The molecule has 1 saturated carbocycles. The van der Waals surface area contributed by atoms with Crippen LogP contribution in [-0.4, -0.2) is 24.0 Å². The smallest absolute Gasteiger partial charge is 0.127 e. The van der Waals surface area contributed by atoms with Crippen LogP contribution in [0, 0.1) is 11.8 Å². The van der Waals surface area contributed by atoms with Crippen LogP contribution in [0.25, 0.3) is 0 Å². The monoisotopic (exact) mass is 230 g/mol. The summed E-state index contributed by atoms with van der Waals surface area (Å²) in [5.41, 5.74) is 0. The third-order valence-electron chi connectivity index (χ3n) is 3.80. The number of rotatable bonds is 0. The van der Waals surface area contributed by atoms with Crippen molar-refractivity contribution in [3.05, 3.63) is 12.2 Å². The first-order chi connectivity index (χ1) is 6.73.